The second kappa shape index (κ2) is 4.65. The molecule has 0 amide bonds. The lowest BCUT2D eigenvalue weighted by molar-refractivity contribution is -0.00000241. The highest BCUT2D eigenvalue weighted by molar-refractivity contribution is 7.15. The average Bonchev–Trinajstić information content (AvgIpc) is 1.88. The molecule has 56 valence electrons. The first-order chi connectivity index (χ1) is 4.33. The molecule has 0 aliphatic rings. The zero-order valence-corrected chi connectivity index (χ0v) is 7.65. The maximum atomic E-state index is 12.4. The summed E-state index contributed by atoms with van der Waals surface area (Å²) in [5.74, 6) is -0.140. The number of rotatable bonds is 1. The van der Waals surface area contributed by atoms with Gasteiger partial charge in [0.1, 0.15) is 5.82 Å². The highest BCUT2D eigenvalue weighted by atomic mass is 35.5. The van der Waals surface area contributed by atoms with Gasteiger partial charge >= 0.3 is 0 Å². The molecule has 1 aromatic rings. The van der Waals surface area contributed by atoms with Gasteiger partial charge in [-0.05, 0) is 26.9 Å². The van der Waals surface area contributed by atoms with Crippen LogP contribution in [0.5, 0.6) is 0 Å². The van der Waals surface area contributed by atoms with Crippen molar-refractivity contribution in [2.45, 2.75) is 6.16 Å². The summed E-state index contributed by atoms with van der Waals surface area (Å²) in [6, 6.07) is 6.68. The summed E-state index contributed by atoms with van der Waals surface area (Å²) in [6.07, 6.45) is 0.928. The molecule has 0 spiro atoms. The van der Waals surface area contributed by atoms with E-state index in [1.54, 1.807) is 12.1 Å². The Hall–Kier alpha value is -0.130. The lowest BCUT2D eigenvalue weighted by Gasteiger charge is -1.90. The van der Waals surface area contributed by atoms with Crippen molar-refractivity contribution in [3.8, 4) is 0 Å². The van der Waals surface area contributed by atoms with E-state index in [9.17, 15) is 4.39 Å². The van der Waals surface area contributed by atoms with Crippen LogP contribution in [-0.2, 0) is 6.16 Å². The van der Waals surface area contributed by atoms with E-state index in [2.05, 4.69) is 0 Å². The quantitative estimate of drug-likeness (QED) is 0.481. The number of halogens is 2. The topological polar surface area (TPSA) is 0 Å². The highest BCUT2D eigenvalue weighted by Crippen LogP contribution is 2.06. The molecule has 0 heterocycles. The van der Waals surface area contributed by atoms with Crippen molar-refractivity contribution in [2.24, 2.45) is 0 Å². The van der Waals surface area contributed by atoms with E-state index in [1.807, 2.05) is 15.3 Å². The Labute approximate surface area is 68.4 Å². The van der Waals surface area contributed by atoms with E-state index >= 15 is 0 Å². The van der Waals surface area contributed by atoms with Crippen LogP contribution in [0, 0.1) is 5.82 Å². The van der Waals surface area contributed by atoms with E-state index in [4.69, 9.17) is 0 Å². The van der Waals surface area contributed by atoms with Gasteiger partial charge < -0.3 is 12.4 Å². The third-order valence-electron chi connectivity index (χ3n) is 1.18. The largest absolute Gasteiger partial charge is 1.00 e. The molecule has 0 aliphatic carbocycles. The third-order valence-corrected chi connectivity index (χ3v) is 1.76. The smallest absolute Gasteiger partial charge is 0.123 e. The fourth-order valence-electron chi connectivity index (χ4n) is 0.692. The molecular weight excluding hydrogens is 170 g/mol. The van der Waals surface area contributed by atoms with Crippen molar-refractivity contribution in [1.82, 2.24) is 0 Å². The number of hydrogen-bond donors (Lipinski definition) is 0. The van der Waals surface area contributed by atoms with Crippen LogP contribution in [-0.4, -0.2) is 0 Å². The average molecular weight is 179 g/mol. The predicted molar refractivity (Wildman–Crippen MR) is 41.2 cm³/mol. The van der Waals surface area contributed by atoms with E-state index < -0.39 is 0 Å². The minimum Gasteiger partial charge on any atom is -1.00 e. The van der Waals surface area contributed by atoms with Crippen molar-refractivity contribution in [3.05, 3.63) is 35.6 Å². The third kappa shape index (κ3) is 2.64. The molecule has 0 aliphatic heterocycles. The van der Waals surface area contributed by atoms with Crippen LogP contribution in [0.25, 0.3) is 0 Å². The van der Waals surface area contributed by atoms with E-state index in [0.29, 0.717) is 0 Å². The van der Waals surface area contributed by atoms with Crippen LogP contribution in [0.1, 0.15) is 5.56 Å². The van der Waals surface area contributed by atoms with Crippen molar-refractivity contribution in [1.29, 1.82) is 0 Å². The minimum atomic E-state index is -0.140. The van der Waals surface area contributed by atoms with Crippen LogP contribution in [0.2, 0.25) is 0 Å². The SMILES string of the molecule is Fc1cccc(C[PH3+])c1.[Cl-]. The summed E-state index contributed by atoms with van der Waals surface area (Å²) >= 11 is 0. The molecule has 1 unspecified atom stereocenters. The first-order valence-electron chi connectivity index (χ1n) is 2.86. The molecule has 1 aromatic carbocycles. The molecule has 10 heavy (non-hydrogen) atoms. The maximum absolute atomic E-state index is 12.4. The second-order valence-corrected chi connectivity index (χ2v) is 2.38. The van der Waals surface area contributed by atoms with Crippen LogP contribution in [0.4, 0.5) is 4.39 Å². The van der Waals surface area contributed by atoms with Gasteiger partial charge in [-0.15, -0.1) is 0 Å². The molecule has 0 N–H and O–H groups in total. The summed E-state index contributed by atoms with van der Waals surface area (Å²) in [5, 5.41) is 0. The molecule has 1 atom stereocenters. The van der Waals surface area contributed by atoms with Crippen LogP contribution < -0.4 is 12.4 Å². The van der Waals surface area contributed by atoms with Crippen molar-refractivity contribution >= 4 is 9.24 Å². The standard InChI is InChI=1S/C7H8FP.ClH/c8-7-3-1-2-6(4-7)5-9;/h1-4H,5,9H2;1H. The molecule has 0 nitrogen and oxygen atoms in total. The van der Waals surface area contributed by atoms with Gasteiger partial charge in [0, 0.05) is 0 Å². The van der Waals surface area contributed by atoms with Crippen molar-refractivity contribution in [2.75, 3.05) is 0 Å². The van der Waals surface area contributed by atoms with Gasteiger partial charge in [0.05, 0.1) is 6.16 Å². The van der Waals surface area contributed by atoms with Gasteiger partial charge in [0.2, 0.25) is 0 Å². The van der Waals surface area contributed by atoms with Gasteiger partial charge in [0.25, 0.3) is 0 Å². The van der Waals surface area contributed by atoms with Gasteiger partial charge in [-0.3, -0.25) is 0 Å². The van der Waals surface area contributed by atoms with Crippen LogP contribution >= 0.6 is 9.24 Å². The molecule has 0 fully saturated rings. The van der Waals surface area contributed by atoms with Gasteiger partial charge in [0.15, 0.2) is 0 Å². The van der Waals surface area contributed by atoms with E-state index in [1.165, 1.54) is 6.07 Å². The summed E-state index contributed by atoms with van der Waals surface area (Å²) in [7, 11) is 1.83. The van der Waals surface area contributed by atoms with Gasteiger partial charge in [-0.2, -0.15) is 0 Å². The molecular formula is C7H9ClFP. The Morgan fingerprint density at radius 2 is 2.10 bits per heavy atom. The fourth-order valence-corrected chi connectivity index (χ4v) is 1.00. The number of hydrogen-bond acceptors (Lipinski definition) is 0. The van der Waals surface area contributed by atoms with Crippen LogP contribution in [0.15, 0.2) is 24.3 Å². The first kappa shape index (κ1) is 9.87. The zero-order chi connectivity index (χ0) is 6.69. The summed E-state index contributed by atoms with van der Waals surface area (Å²) in [6.45, 7) is 0. The molecule has 0 bridgehead atoms. The summed E-state index contributed by atoms with van der Waals surface area (Å²) < 4.78 is 12.4. The fraction of sp³-hybridized carbons (Fsp3) is 0.143. The minimum absolute atomic E-state index is 0. The Morgan fingerprint density at radius 1 is 1.40 bits per heavy atom. The molecule has 0 aromatic heterocycles. The second-order valence-electron chi connectivity index (χ2n) is 1.88. The lowest BCUT2D eigenvalue weighted by atomic mass is 10.2. The molecule has 1 rings (SSSR count). The van der Waals surface area contributed by atoms with Crippen molar-refractivity contribution < 1.29 is 16.8 Å². The lowest BCUT2D eigenvalue weighted by Crippen LogP contribution is -3.00. The monoisotopic (exact) mass is 178 g/mol. The van der Waals surface area contributed by atoms with E-state index in [-0.39, 0.29) is 18.2 Å². The molecule has 3 heteroatoms. The molecule has 0 radical (unpaired) electrons. The summed E-state index contributed by atoms with van der Waals surface area (Å²) in [4.78, 5) is 0. The van der Waals surface area contributed by atoms with Crippen LogP contribution in [0.3, 0.4) is 0 Å². The molecule has 0 saturated heterocycles. The van der Waals surface area contributed by atoms with E-state index in [0.717, 1.165) is 11.7 Å². The Morgan fingerprint density at radius 3 is 2.50 bits per heavy atom. The number of benzene rings is 1. The Kier molecular flexibility index (Phi) is 4.59. The predicted octanol–water partition coefficient (Wildman–Crippen LogP) is -1.06. The molecule has 0 saturated carbocycles. The maximum Gasteiger partial charge on any atom is 0.123 e. The zero-order valence-electron chi connectivity index (χ0n) is 5.48. The first-order valence-corrected chi connectivity index (χ1v) is 3.86. The Bertz CT molecular complexity index is 203. The van der Waals surface area contributed by atoms with Gasteiger partial charge in [-0.1, -0.05) is 12.1 Å². The van der Waals surface area contributed by atoms with Crippen molar-refractivity contribution in [3.63, 3.8) is 0 Å². The normalized spacial score (nSPS) is 8.90. The summed E-state index contributed by atoms with van der Waals surface area (Å²) in [5.41, 5.74) is 1.06. The Balaban J connectivity index is 0.000000810. The highest BCUT2D eigenvalue weighted by Gasteiger charge is 1.91. The van der Waals surface area contributed by atoms with Gasteiger partial charge in [-0.25, -0.2) is 4.39 Å².